The number of piperidine rings is 1. The van der Waals surface area contributed by atoms with Crippen LogP contribution in [0.15, 0.2) is 60.7 Å². The smallest absolute Gasteiger partial charge is 0.254 e. The molecule has 1 fully saturated rings. The van der Waals surface area contributed by atoms with E-state index in [0.29, 0.717) is 25.2 Å². The van der Waals surface area contributed by atoms with Crippen molar-refractivity contribution in [1.29, 1.82) is 0 Å². The van der Waals surface area contributed by atoms with E-state index >= 15 is 0 Å². The fraction of sp³-hybridized carbons (Fsp3) is 0.333. The average Bonchev–Trinajstić information content (AvgIpc) is 2.87. The van der Waals surface area contributed by atoms with E-state index in [9.17, 15) is 9.59 Å². The molecule has 1 atom stereocenters. The number of carbonyl (C=O) groups excluding carboxylic acids is 2. The quantitative estimate of drug-likeness (QED) is 0.564. The van der Waals surface area contributed by atoms with Crippen molar-refractivity contribution in [1.82, 2.24) is 9.80 Å². The van der Waals surface area contributed by atoms with Gasteiger partial charge in [0, 0.05) is 37.6 Å². The van der Waals surface area contributed by atoms with Crippen LogP contribution >= 0.6 is 0 Å². The number of rotatable bonds is 6. The highest BCUT2D eigenvalue weighted by molar-refractivity contribution is 6.08. The zero-order chi connectivity index (χ0) is 23.4. The summed E-state index contributed by atoms with van der Waals surface area (Å²) in [7, 11) is 5.08. The van der Waals surface area contributed by atoms with E-state index in [1.165, 1.54) is 0 Å². The average molecular weight is 447 g/mol. The largest absolute Gasteiger partial charge is 0.497 e. The van der Waals surface area contributed by atoms with Gasteiger partial charge in [0.25, 0.3) is 5.91 Å². The van der Waals surface area contributed by atoms with Crippen LogP contribution < -0.4 is 9.47 Å². The lowest BCUT2D eigenvalue weighted by molar-refractivity contribution is -0.136. The minimum atomic E-state index is -0.206. The van der Waals surface area contributed by atoms with Crippen LogP contribution in [0, 0.1) is 5.92 Å². The van der Waals surface area contributed by atoms with Gasteiger partial charge in [-0.25, -0.2) is 0 Å². The van der Waals surface area contributed by atoms with Crippen molar-refractivity contribution in [3.05, 3.63) is 71.8 Å². The van der Waals surface area contributed by atoms with Crippen LogP contribution in [0.25, 0.3) is 10.8 Å². The Morgan fingerprint density at radius 3 is 2.55 bits per heavy atom. The third kappa shape index (κ3) is 4.80. The molecule has 0 aromatic heterocycles. The Kier molecular flexibility index (Phi) is 6.82. The molecule has 0 spiro atoms. The number of benzene rings is 3. The van der Waals surface area contributed by atoms with Crippen molar-refractivity contribution < 1.29 is 19.1 Å². The Bertz CT molecular complexity index is 1160. The van der Waals surface area contributed by atoms with Gasteiger partial charge in [-0.1, -0.05) is 36.4 Å². The predicted molar refractivity (Wildman–Crippen MR) is 129 cm³/mol. The first-order valence-corrected chi connectivity index (χ1v) is 11.2. The summed E-state index contributed by atoms with van der Waals surface area (Å²) in [6.07, 6.45) is 1.59. The lowest BCUT2D eigenvalue weighted by atomic mass is 9.95. The second-order valence-corrected chi connectivity index (χ2v) is 8.50. The van der Waals surface area contributed by atoms with Gasteiger partial charge in [-0.15, -0.1) is 0 Å². The fourth-order valence-electron chi connectivity index (χ4n) is 4.60. The molecule has 6 heteroatoms. The Balaban J connectivity index is 1.48. The lowest BCUT2D eigenvalue weighted by Gasteiger charge is -2.34. The zero-order valence-electron chi connectivity index (χ0n) is 19.4. The summed E-state index contributed by atoms with van der Waals surface area (Å²) < 4.78 is 10.7. The molecule has 0 unspecified atom stereocenters. The van der Waals surface area contributed by atoms with E-state index in [1.807, 2.05) is 72.6 Å². The van der Waals surface area contributed by atoms with E-state index in [4.69, 9.17) is 9.47 Å². The molecule has 1 saturated heterocycles. The van der Waals surface area contributed by atoms with Gasteiger partial charge in [0.1, 0.15) is 11.5 Å². The molecular weight excluding hydrogens is 416 g/mol. The molecule has 1 aliphatic rings. The number of carbonyl (C=O) groups is 2. The Morgan fingerprint density at radius 1 is 1.00 bits per heavy atom. The van der Waals surface area contributed by atoms with Gasteiger partial charge in [-0.3, -0.25) is 9.59 Å². The monoisotopic (exact) mass is 446 g/mol. The summed E-state index contributed by atoms with van der Waals surface area (Å²) in [6.45, 7) is 1.59. The highest BCUT2D eigenvalue weighted by Gasteiger charge is 2.31. The van der Waals surface area contributed by atoms with E-state index in [2.05, 4.69) is 0 Å². The molecule has 3 aromatic rings. The normalized spacial score (nSPS) is 15.8. The molecule has 4 rings (SSSR count). The predicted octanol–water partition coefficient (Wildman–Crippen LogP) is 4.37. The number of likely N-dealkylation sites (tertiary alicyclic amines) is 1. The number of nitrogens with zero attached hydrogens (tertiary/aromatic N) is 2. The molecule has 0 N–H and O–H groups in total. The molecule has 33 heavy (non-hydrogen) atoms. The molecule has 6 nitrogen and oxygen atoms in total. The minimum absolute atomic E-state index is 0.0400. The van der Waals surface area contributed by atoms with E-state index in [1.54, 1.807) is 19.1 Å². The van der Waals surface area contributed by atoms with Crippen molar-refractivity contribution >= 4 is 22.6 Å². The molecule has 0 aliphatic carbocycles. The summed E-state index contributed by atoms with van der Waals surface area (Å²) in [4.78, 5) is 30.2. The third-order valence-corrected chi connectivity index (χ3v) is 6.32. The van der Waals surface area contributed by atoms with Gasteiger partial charge in [0.15, 0.2) is 0 Å². The van der Waals surface area contributed by atoms with Crippen molar-refractivity contribution in [3.63, 3.8) is 0 Å². The molecular formula is C27H30N2O4. The number of hydrogen-bond donors (Lipinski definition) is 0. The zero-order valence-corrected chi connectivity index (χ0v) is 19.4. The number of ether oxygens (including phenoxy) is 2. The second kappa shape index (κ2) is 9.94. The van der Waals surface area contributed by atoms with Crippen LogP contribution in [-0.2, 0) is 11.3 Å². The molecule has 3 aromatic carbocycles. The number of amides is 2. The van der Waals surface area contributed by atoms with Crippen molar-refractivity contribution in [2.45, 2.75) is 19.4 Å². The van der Waals surface area contributed by atoms with Gasteiger partial charge in [0.05, 0.1) is 20.1 Å². The van der Waals surface area contributed by atoms with Gasteiger partial charge in [-0.2, -0.15) is 0 Å². The molecule has 1 aliphatic heterocycles. The summed E-state index contributed by atoms with van der Waals surface area (Å²) in [5.74, 6) is 1.34. The van der Waals surface area contributed by atoms with Gasteiger partial charge in [0.2, 0.25) is 5.91 Å². The number of hydrogen-bond acceptors (Lipinski definition) is 4. The Morgan fingerprint density at radius 2 is 1.79 bits per heavy atom. The number of fused-ring (bicyclic) bond motifs is 1. The third-order valence-electron chi connectivity index (χ3n) is 6.32. The standard InChI is InChI=1S/C27H30N2O4/c1-28(17-19-8-6-10-21(16-19)32-2)26(30)20-9-7-15-29(18-20)27(31)24-13-14-25(33-3)23-12-5-4-11-22(23)24/h4-6,8,10-14,16,20H,7,9,15,17-18H2,1-3H3/t20-/m0/s1. The first-order chi connectivity index (χ1) is 16.0. The minimum Gasteiger partial charge on any atom is -0.497 e. The maximum atomic E-state index is 13.5. The SMILES string of the molecule is COc1cccc(CN(C)C(=O)[C@H]2CCCN(C(=O)c3ccc(OC)c4ccccc34)C2)c1. The first-order valence-electron chi connectivity index (χ1n) is 11.2. The maximum absolute atomic E-state index is 13.5. The first kappa shape index (κ1) is 22.6. The van der Waals surface area contributed by atoms with Crippen LogP contribution in [0.1, 0.15) is 28.8 Å². The summed E-state index contributed by atoms with van der Waals surface area (Å²) in [6, 6.07) is 19.2. The van der Waals surface area contributed by atoms with Crippen molar-refractivity contribution in [2.75, 3.05) is 34.4 Å². The number of methoxy groups -OCH3 is 2. The molecule has 0 saturated carbocycles. The van der Waals surface area contributed by atoms with Crippen molar-refractivity contribution in [3.8, 4) is 11.5 Å². The molecule has 0 radical (unpaired) electrons. The topological polar surface area (TPSA) is 59.1 Å². The summed E-state index contributed by atoms with van der Waals surface area (Å²) in [5, 5.41) is 1.78. The van der Waals surface area contributed by atoms with E-state index < -0.39 is 0 Å². The van der Waals surface area contributed by atoms with Crippen LogP contribution in [0.3, 0.4) is 0 Å². The summed E-state index contributed by atoms with van der Waals surface area (Å²) in [5.41, 5.74) is 1.66. The Hall–Kier alpha value is -3.54. The molecule has 0 bridgehead atoms. The Labute approximate surface area is 194 Å². The molecule has 1 heterocycles. The fourth-order valence-corrected chi connectivity index (χ4v) is 4.60. The highest BCUT2D eigenvalue weighted by Crippen LogP contribution is 2.30. The second-order valence-electron chi connectivity index (χ2n) is 8.50. The van der Waals surface area contributed by atoms with Crippen LogP contribution in [0.5, 0.6) is 11.5 Å². The van der Waals surface area contributed by atoms with Gasteiger partial charge >= 0.3 is 0 Å². The van der Waals surface area contributed by atoms with Crippen molar-refractivity contribution in [2.24, 2.45) is 5.92 Å². The van der Waals surface area contributed by atoms with Gasteiger partial charge in [-0.05, 0) is 48.1 Å². The lowest BCUT2D eigenvalue weighted by Crippen LogP contribution is -2.45. The maximum Gasteiger partial charge on any atom is 0.254 e. The highest BCUT2D eigenvalue weighted by atomic mass is 16.5. The van der Waals surface area contributed by atoms with Crippen LogP contribution in [-0.4, -0.2) is 56.0 Å². The van der Waals surface area contributed by atoms with E-state index in [-0.39, 0.29) is 17.7 Å². The molecule has 172 valence electrons. The molecule has 2 amide bonds. The van der Waals surface area contributed by atoms with Crippen LogP contribution in [0.2, 0.25) is 0 Å². The van der Waals surface area contributed by atoms with Crippen LogP contribution in [0.4, 0.5) is 0 Å². The van der Waals surface area contributed by atoms with Gasteiger partial charge < -0.3 is 19.3 Å². The summed E-state index contributed by atoms with van der Waals surface area (Å²) >= 11 is 0. The van der Waals surface area contributed by atoms with E-state index in [0.717, 1.165) is 40.7 Å².